The lowest BCUT2D eigenvalue weighted by molar-refractivity contribution is 0.108. The van der Waals surface area contributed by atoms with E-state index < -0.39 is 0 Å². The van der Waals surface area contributed by atoms with Crippen LogP contribution in [0.5, 0.6) is 5.88 Å². The van der Waals surface area contributed by atoms with Gasteiger partial charge in [-0.2, -0.15) is 0 Å². The Morgan fingerprint density at radius 1 is 1.26 bits per heavy atom. The lowest BCUT2D eigenvalue weighted by atomic mass is 10.2. The van der Waals surface area contributed by atoms with Crippen LogP contribution in [0.1, 0.15) is 23.0 Å². The zero-order chi connectivity index (χ0) is 16.4. The van der Waals surface area contributed by atoms with E-state index in [9.17, 15) is 4.79 Å². The maximum atomic E-state index is 12.5. The number of aryl methyl sites for hydroxylation is 1. The standard InChI is InChI=1S/C17H15ClN2O2S/c1-3-22-16-15(14-6-4-5-11(2)20(14)19-16)23-17(21)12-7-9-13(18)10-8-12/h4-10H,3H2,1-2H3. The maximum Gasteiger partial charge on any atom is 0.248 e. The Hall–Kier alpha value is -1.98. The average Bonchev–Trinajstić information content (AvgIpc) is 2.88. The predicted molar refractivity (Wildman–Crippen MR) is 92.7 cm³/mol. The normalized spacial score (nSPS) is 10.9. The lowest BCUT2D eigenvalue weighted by Gasteiger charge is -2.03. The molecule has 2 heterocycles. The van der Waals surface area contributed by atoms with Gasteiger partial charge in [-0.3, -0.25) is 4.79 Å². The van der Waals surface area contributed by atoms with Crippen LogP contribution in [0.25, 0.3) is 5.52 Å². The average molecular weight is 347 g/mol. The first-order valence-corrected chi connectivity index (χ1v) is 8.38. The van der Waals surface area contributed by atoms with E-state index in [0.29, 0.717) is 23.1 Å². The predicted octanol–water partition coefficient (Wildman–Crippen LogP) is 4.63. The van der Waals surface area contributed by atoms with Gasteiger partial charge >= 0.3 is 0 Å². The van der Waals surface area contributed by atoms with Crippen molar-refractivity contribution in [2.24, 2.45) is 0 Å². The molecule has 3 aromatic rings. The molecule has 4 nitrogen and oxygen atoms in total. The fraction of sp³-hybridized carbons (Fsp3) is 0.176. The Morgan fingerprint density at radius 3 is 2.70 bits per heavy atom. The van der Waals surface area contributed by atoms with Gasteiger partial charge in [0.05, 0.1) is 12.1 Å². The van der Waals surface area contributed by atoms with Crippen molar-refractivity contribution in [3.63, 3.8) is 0 Å². The zero-order valence-corrected chi connectivity index (χ0v) is 14.3. The number of pyridine rings is 1. The minimum Gasteiger partial charge on any atom is -0.476 e. The molecule has 3 rings (SSSR count). The van der Waals surface area contributed by atoms with E-state index in [1.807, 2.05) is 32.0 Å². The van der Waals surface area contributed by atoms with Crippen molar-refractivity contribution in [1.29, 1.82) is 0 Å². The quantitative estimate of drug-likeness (QED) is 0.646. The zero-order valence-electron chi connectivity index (χ0n) is 12.7. The molecular weight excluding hydrogens is 332 g/mol. The summed E-state index contributed by atoms with van der Waals surface area (Å²) in [6.07, 6.45) is 0. The number of carbonyl (C=O) groups excluding carboxylic acids is 1. The van der Waals surface area contributed by atoms with Crippen LogP contribution in [-0.4, -0.2) is 21.3 Å². The molecule has 0 aliphatic rings. The van der Waals surface area contributed by atoms with Gasteiger partial charge < -0.3 is 4.74 Å². The highest BCUT2D eigenvalue weighted by atomic mass is 35.5. The van der Waals surface area contributed by atoms with E-state index in [0.717, 1.165) is 27.9 Å². The number of ether oxygens (including phenoxy) is 1. The Balaban J connectivity index is 2.01. The van der Waals surface area contributed by atoms with E-state index in [2.05, 4.69) is 5.10 Å². The summed E-state index contributed by atoms with van der Waals surface area (Å²) in [5.41, 5.74) is 2.43. The molecule has 2 aromatic heterocycles. The highest BCUT2D eigenvalue weighted by Crippen LogP contribution is 2.35. The molecule has 0 unspecified atom stereocenters. The summed E-state index contributed by atoms with van der Waals surface area (Å²) in [6, 6.07) is 12.7. The molecule has 0 bridgehead atoms. The van der Waals surface area contributed by atoms with Crippen molar-refractivity contribution < 1.29 is 9.53 Å². The summed E-state index contributed by atoms with van der Waals surface area (Å²) in [4.78, 5) is 13.3. The highest BCUT2D eigenvalue weighted by molar-refractivity contribution is 8.14. The second-order valence-corrected chi connectivity index (χ2v) is 6.35. The summed E-state index contributed by atoms with van der Waals surface area (Å²) in [6.45, 7) is 4.35. The molecule has 0 aliphatic heterocycles. The summed E-state index contributed by atoms with van der Waals surface area (Å²) in [5.74, 6) is 0.481. The van der Waals surface area contributed by atoms with Gasteiger partial charge in [-0.1, -0.05) is 17.7 Å². The third-order valence-corrected chi connectivity index (χ3v) is 4.59. The Morgan fingerprint density at radius 2 is 2.00 bits per heavy atom. The van der Waals surface area contributed by atoms with E-state index in [-0.39, 0.29) is 5.12 Å². The van der Waals surface area contributed by atoms with Crippen LogP contribution < -0.4 is 4.74 Å². The van der Waals surface area contributed by atoms with Gasteiger partial charge in [-0.05, 0) is 62.0 Å². The monoisotopic (exact) mass is 346 g/mol. The lowest BCUT2D eigenvalue weighted by Crippen LogP contribution is -1.96. The Kier molecular flexibility index (Phi) is 4.59. The third kappa shape index (κ3) is 3.21. The van der Waals surface area contributed by atoms with Gasteiger partial charge in [0.15, 0.2) is 0 Å². The van der Waals surface area contributed by atoms with Crippen LogP contribution in [0, 0.1) is 6.92 Å². The first-order chi connectivity index (χ1) is 11.1. The van der Waals surface area contributed by atoms with Crippen LogP contribution >= 0.6 is 23.4 Å². The van der Waals surface area contributed by atoms with E-state index in [1.165, 1.54) is 0 Å². The Bertz CT molecular complexity index is 859. The SMILES string of the molecule is CCOc1nn2c(C)cccc2c1SC(=O)c1ccc(Cl)cc1. The second-order valence-electron chi connectivity index (χ2n) is 4.93. The summed E-state index contributed by atoms with van der Waals surface area (Å²) in [5, 5.41) is 5.00. The number of rotatable bonds is 4. The van der Waals surface area contributed by atoms with Gasteiger partial charge in [-0.25, -0.2) is 4.52 Å². The molecule has 0 atom stereocenters. The third-order valence-electron chi connectivity index (χ3n) is 3.33. The van der Waals surface area contributed by atoms with Crippen LogP contribution in [-0.2, 0) is 0 Å². The van der Waals surface area contributed by atoms with Crippen LogP contribution in [0.15, 0.2) is 47.4 Å². The minimum absolute atomic E-state index is 0.0703. The van der Waals surface area contributed by atoms with E-state index in [4.69, 9.17) is 16.3 Å². The fourth-order valence-corrected chi connectivity index (χ4v) is 3.24. The molecule has 0 radical (unpaired) electrons. The second kappa shape index (κ2) is 6.64. The van der Waals surface area contributed by atoms with Crippen LogP contribution in [0.4, 0.5) is 0 Å². The number of aromatic nitrogens is 2. The van der Waals surface area contributed by atoms with Gasteiger partial charge in [0.25, 0.3) is 0 Å². The summed E-state index contributed by atoms with van der Waals surface area (Å²) >= 11 is 6.99. The number of benzene rings is 1. The Labute approximate surface area is 143 Å². The molecule has 0 N–H and O–H groups in total. The van der Waals surface area contributed by atoms with Crippen LogP contribution in [0.2, 0.25) is 5.02 Å². The number of carbonyl (C=O) groups is 1. The number of hydrogen-bond donors (Lipinski definition) is 0. The largest absolute Gasteiger partial charge is 0.476 e. The van der Waals surface area contributed by atoms with Crippen molar-refractivity contribution in [2.45, 2.75) is 18.7 Å². The molecule has 0 spiro atoms. The van der Waals surface area contributed by atoms with Gasteiger partial charge in [-0.15, -0.1) is 5.10 Å². The highest BCUT2D eigenvalue weighted by Gasteiger charge is 2.19. The first kappa shape index (κ1) is 15.9. The molecule has 118 valence electrons. The number of halogens is 1. The topological polar surface area (TPSA) is 43.6 Å². The molecule has 0 saturated heterocycles. The van der Waals surface area contributed by atoms with Gasteiger partial charge in [0.1, 0.15) is 4.90 Å². The molecule has 0 amide bonds. The molecule has 0 fully saturated rings. The fourth-order valence-electron chi connectivity index (χ4n) is 2.22. The molecule has 0 aliphatic carbocycles. The van der Waals surface area contributed by atoms with Crippen LogP contribution in [0.3, 0.4) is 0 Å². The number of thioether (sulfide) groups is 1. The summed E-state index contributed by atoms with van der Waals surface area (Å²) < 4.78 is 7.40. The molecule has 1 aromatic carbocycles. The van der Waals surface area contributed by atoms with Crippen molar-refractivity contribution in [1.82, 2.24) is 9.61 Å². The van der Waals surface area contributed by atoms with Crippen molar-refractivity contribution in [2.75, 3.05) is 6.61 Å². The molecule has 6 heteroatoms. The maximum absolute atomic E-state index is 12.5. The smallest absolute Gasteiger partial charge is 0.248 e. The molecule has 0 saturated carbocycles. The number of nitrogens with zero attached hydrogens (tertiary/aromatic N) is 2. The molecular formula is C17H15ClN2O2S. The van der Waals surface area contributed by atoms with E-state index in [1.54, 1.807) is 28.8 Å². The van der Waals surface area contributed by atoms with Crippen molar-refractivity contribution in [3.8, 4) is 5.88 Å². The number of hydrogen-bond acceptors (Lipinski definition) is 4. The van der Waals surface area contributed by atoms with Crippen molar-refractivity contribution >= 4 is 34.0 Å². The van der Waals surface area contributed by atoms with Gasteiger partial charge in [0, 0.05) is 16.3 Å². The molecule has 23 heavy (non-hydrogen) atoms. The number of fused-ring (bicyclic) bond motifs is 1. The van der Waals surface area contributed by atoms with E-state index >= 15 is 0 Å². The first-order valence-electron chi connectivity index (χ1n) is 7.19. The van der Waals surface area contributed by atoms with Crippen molar-refractivity contribution in [3.05, 3.63) is 58.7 Å². The minimum atomic E-state index is -0.0703. The summed E-state index contributed by atoms with van der Waals surface area (Å²) in [7, 11) is 0. The van der Waals surface area contributed by atoms with Gasteiger partial charge in [0.2, 0.25) is 11.0 Å².